The molecule has 56 valence electrons. The summed E-state index contributed by atoms with van der Waals surface area (Å²) in [6.45, 7) is 4.02. The summed E-state index contributed by atoms with van der Waals surface area (Å²) < 4.78 is 9.37. The molecule has 0 aliphatic heterocycles. The summed E-state index contributed by atoms with van der Waals surface area (Å²) in [7, 11) is 0. The molecule has 0 unspecified atom stereocenters. The highest BCUT2D eigenvalue weighted by Gasteiger charge is 1.85. The quantitative estimate of drug-likeness (QED) is 0.542. The van der Waals surface area contributed by atoms with E-state index in [1.54, 1.807) is 0 Å². The van der Waals surface area contributed by atoms with Crippen LogP contribution in [0.5, 0.6) is 0 Å². The maximum Gasteiger partial charge on any atom is 0.0916 e. The number of hydrogen-bond acceptors (Lipinski definition) is 2. The average Bonchev–Trinajstić information content (AvgIpc) is 1.89. The molecular formula is C6H13ClO2. The summed E-state index contributed by atoms with van der Waals surface area (Å²) in [6, 6.07) is 0. The van der Waals surface area contributed by atoms with Gasteiger partial charge in [-0.3, -0.25) is 4.29 Å². The highest BCUT2D eigenvalue weighted by molar-refractivity contribution is 6.07. The van der Waals surface area contributed by atoms with Crippen molar-refractivity contribution >= 4 is 11.9 Å². The molecule has 0 saturated carbocycles. The van der Waals surface area contributed by atoms with Crippen LogP contribution in [0, 0.1) is 0 Å². The highest BCUT2D eigenvalue weighted by Crippen LogP contribution is 1.88. The lowest BCUT2D eigenvalue weighted by Crippen LogP contribution is -2.00. The molecule has 2 nitrogen and oxygen atoms in total. The van der Waals surface area contributed by atoms with Gasteiger partial charge in [-0.1, -0.05) is 13.3 Å². The second kappa shape index (κ2) is 8.21. The minimum atomic E-state index is 0.477. The van der Waals surface area contributed by atoms with Crippen molar-refractivity contribution in [3.05, 3.63) is 0 Å². The van der Waals surface area contributed by atoms with Crippen LogP contribution in [0.2, 0.25) is 0 Å². The van der Waals surface area contributed by atoms with Crippen molar-refractivity contribution in [1.29, 1.82) is 0 Å². The van der Waals surface area contributed by atoms with Gasteiger partial charge in [0, 0.05) is 6.61 Å². The minimum Gasteiger partial charge on any atom is -0.379 e. The zero-order valence-corrected chi connectivity index (χ0v) is 6.49. The third-order valence-electron chi connectivity index (χ3n) is 0.947. The molecule has 9 heavy (non-hydrogen) atoms. The van der Waals surface area contributed by atoms with E-state index in [-0.39, 0.29) is 0 Å². The number of ether oxygens (including phenoxy) is 1. The molecule has 0 aromatic carbocycles. The number of unbranched alkanes of at least 4 members (excludes halogenated alkanes) is 1. The van der Waals surface area contributed by atoms with Crippen LogP contribution in [0.4, 0.5) is 0 Å². The second-order valence-electron chi connectivity index (χ2n) is 1.78. The SMILES string of the molecule is CCCCOCCOCl. The Morgan fingerprint density at radius 3 is 2.56 bits per heavy atom. The average molecular weight is 153 g/mol. The molecule has 0 heterocycles. The molecule has 0 aliphatic rings. The molecular weight excluding hydrogens is 140 g/mol. The molecule has 0 atom stereocenters. The van der Waals surface area contributed by atoms with Gasteiger partial charge in [-0.25, -0.2) is 0 Å². The molecule has 0 bridgehead atoms. The molecule has 0 aromatic heterocycles. The highest BCUT2D eigenvalue weighted by atomic mass is 35.5. The largest absolute Gasteiger partial charge is 0.379 e. The molecule has 0 aliphatic carbocycles. The first-order chi connectivity index (χ1) is 4.41. The van der Waals surface area contributed by atoms with E-state index in [2.05, 4.69) is 11.2 Å². The van der Waals surface area contributed by atoms with E-state index in [1.165, 1.54) is 6.42 Å². The zero-order chi connectivity index (χ0) is 6.95. The van der Waals surface area contributed by atoms with Crippen LogP contribution < -0.4 is 0 Å². The molecule has 0 rings (SSSR count). The summed E-state index contributed by atoms with van der Waals surface area (Å²) in [5.41, 5.74) is 0. The Bertz CT molecular complexity index is 44.3. The van der Waals surface area contributed by atoms with Crippen molar-refractivity contribution in [2.45, 2.75) is 19.8 Å². The first-order valence-electron chi connectivity index (χ1n) is 3.23. The third-order valence-corrected chi connectivity index (χ3v) is 1.10. The third kappa shape index (κ3) is 8.21. The Labute approximate surface area is 61.3 Å². The number of hydrogen-bond donors (Lipinski definition) is 0. The Morgan fingerprint density at radius 2 is 2.00 bits per heavy atom. The summed E-state index contributed by atoms with van der Waals surface area (Å²) in [4.78, 5) is 0. The van der Waals surface area contributed by atoms with Gasteiger partial charge in [-0.05, 0) is 6.42 Å². The van der Waals surface area contributed by atoms with E-state index in [0.717, 1.165) is 13.0 Å². The van der Waals surface area contributed by atoms with Crippen LogP contribution in [0.1, 0.15) is 19.8 Å². The Kier molecular flexibility index (Phi) is 8.40. The first kappa shape index (κ1) is 9.21. The van der Waals surface area contributed by atoms with Crippen LogP contribution in [0.15, 0.2) is 0 Å². The summed E-state index contributed by atoms with van der Waals surface area (Å²) in [6.07, 6.45) is 2.28. The van der Waals surface area contributed by atoms with Crippen LogP contribution in [0.3, 0.4) is 0 Å². The Balaban J connectivity index is 2.60. The van der Waals surface area contributed by atoms with Gasteiger partial charge in [-0.2, -0.15) is 0 Å². The number of rotatable bonds is 6. The van der Waals surface area contributed by atoms with E-state index in [1.807, 2.05) is 0 Å². The number of halogens is 1. The van der Waals surface area contributed by atoms with Crippen molar-refractivity contribution in [3.63, 3.8) is 0 Å². The van der Waals surface area contributed by atoms with E-state index >= 15 is 0 Å². The van der Waals surface area contributed by atoms with Gasteiger partial charge in [-0.15, -0.1) is 0 Å². The van der Waals surface area contributed by atoms with Crippen LogP contribution >= 0.6 is 11.9 Å². The van der Waals surface area contributed by atoms with E-state index < -0.39 is 0 Å². The maximum atomic E-state index is 5.10. The molecule has 0 spiro atoms. The van der Waals surface area contributed by atoms with E-state index in [4.69, 9.17) is 16.6 Å². The topological polar surface area (TPSA) is 18.5 Å². The standard InChI is InChI=1S/C6H13ClO2/c1-2-3-4-8-5-6-9-7/h2-6H2,1H3. The Hall–Kier alpha value is 0.210. The first-order valence-corrected chi connectivity index (χ1v) is 3.54. The van der Waals surface area contributed by atoms with Gasteiger partial charge in [0.15, 0.2) is 0 Å². The lowest BCUT2D eigenvalue weighted by molar-refractivity contribution is 0.101. The maximum absolute atomic E-state index is 5.10. The predicted molar refractivity (Wildman–Crippen MR) is 37.5 cm³/mol. The van der Waals surface area contributed by atoms with Crippen molar-refractivity contribution < 1.29 is 9.03 Å². The van der Waals surface area contributed by atoms with Crippen molar-refractivity contribution in [3.8, 4) is 0 Å². The second-order valence-corrected chi connectivity index (χ2v) is 2.00. The van der Waals surface area contributed by atoms with Crippen molar-refractivity contribution in [2.75, 3.05) is 19.8 Å². The fourth-order valence-electron chi connectivity index (χ4n) is 0.439. The normalized spacial score (nSPS) is 10.0. The molecule has 0 aromatic rings. The molecule has 0 N–H and O–H groups in total. The Morgan fingerprint density at radius 1 is 1.22 bits per heavy atom. The summed E-state index contributed by atoms with van der Waals surface area (Å²) in [5.74, 6) is 0. The van der Waals surface area contributed by atoms with Crippen LogP contribution in [-0.2, 0) is 9.03 Å². The molecule has 3 heteroatoms. The van der Waals surface area contributed by atoms with Crippen LogP contribution in [0.25, 0.3) is 0 Å². The van der Waals surface area contributed by atoms with Gasteiger partial charge in [0.1, 0.15) is 0 Å². The van der Waals surface area contributed by atoms with Gasteiger partial charge >= 0.3 is 0 Å². The minimum absolute atomic E-state index is 0.477. The van der Waals surface area contributed by atoms with Gasteiger partial charge in [0.05, 0.1) is 25.1 Å². The van der Waals surface area contributed by atoms with Crippen molar-refractivity contribution in [1.82, 2.24) is 0 Å². The van der Waals surface area contributed by atoms with Gasteiger partial charge in [0.25, 0.3) is 0 Å². The molecule has 0 amide bonds. The monoisotopic (exact) mass is 152 g/mol. The fourth-order valence-corrected chi connectivity index (χ4v) is 0.502. The van der Waals surface area contributed by atoms with Crippen LogP contribution in [-0.4, -0.2) is 19.8 Å². The predicted octanol–water partition coefficient (Wildman–Crippen LogP) is 1.97. The lowest BCUT2D eigenvalue weighted by Gasteiger charge is -1.98. The smallest absolute Gasteiger partial charge is 0.0916 e. The zero-order valence-electron chi connectivity index (χ0n) is 5.73. The molecule has 0 saturated heterocycles. The van der Waals surface area contributed by atoms with E-state index in [0.29, 0.717) is 13.2 Å². The molecule has 0 fully saturated rings. The fraction of sp³-hybridized carbons (Fsp3) is 1.00. The summed E-state index contributed by atoms with van der Waals surface area (Å²) >= 11 is 4.93. The van der Waals surface area contributed by atoms with Gasteiger partial charge in [0.2, 0.25) is 0 Å². The molecule has 0 radical (unpaired) electrons. The lowest BCUT2D eigenvalue weighted by atomic mass is 10.4. The van der Waals surface area contributed by atoms with E-state index in [9.17, 15) is 0 Å². The van der Waals surface area contributed by atoms with Gasteiger partial charge < -0.3 is 4.74 Å². The summed E-state index contributed by atoms with van der Waals surface area (Å²) in [5, 5.41) is 0. The van der Waals surface area contributed by atoms with Crippen molar-refractivity contribution in [2.24, 2.45) is 0 Å².